The van der Waals surface area contributed by atoms with Crippen molar-refractivity contribution in [3.05, 3.63) is 70.4 Å². The molecular weight excluding hydrogens is 358 g/mol. The van der Waals surface area contributed by atoms with Gasteiger partial charge in [-0.2, -0.15) is 0 Å². The number of hydrogen-bond donors (Lipinski definition) is 0. The number of fused-ring (bicyclic) bond motifs is 1. The van der Waals surface area contributed by atoms with Crippen LogP contribution in [0.25, 0.3) is 10.9 Å². The second-order valence-electron chi connectivity index (χ2n) is 7.93. The molecule has 1 amide bonds. The molecule has 150 valence electrons. The fourth-order valence-electron chi connectivity index (χ4n) is 4.36. The molecule has 1 aliphatic rings. The summed E-state index contributed by atoms with van der Waals surface area (Å²) in [6.07, 6.45) is 0.831. The van der Waals surface area contributed by atoms with E-state index in [9.17, 15) is 4.79 Å². The van der Waals surface area contributed by atoms with E-state index in [1.165, 1.54) is 16.8 Å². The van der Waals surface area contributed by atoms with E-state index in [1.807, 2.05) is 36.1 Å². The molecule has 2 aromatic carbocycles. The summed E-state index contributed by atoms with van der Waals surface area (Å²) < 4.78 is 0. The van der Waals surface area contributed by atoms with Crippen molar-refractivity contribution in [2.45, 2.75) is 34.1 Å². The third-order valence-corrected chi connectivity index (χ3v) is 6.27. The Morgan fingerprint density at radius 3 is 2.38 bits per heavy atom. The minimum atomic E-state index is 0.136. The monoisotopic (exact) mass is 387 g/mol. The van der Waals surface area contributed by atoms with Gasteiger partial charge in [0.15, 0.2) is 0 Å². The van der Waals surface area contributed by atoms with Crippen LogP contribution < -0.4 is 4.90 Å². The molecule has 0 spiro atoms. The van der Waals surface area contributed by atoms with Gasteiger partial charge in [-0.1, -0.05) is 37.3 Å². The van der Waals surface area contributed by atoms with Crippen molar-refractivity contribution in [1.82, 2.24) is 9.88 Å². The third-order valence-electron chi connectivity index (χ3n) is 6.27. The molecule has 1 aromatic heterocycles. The van der Waals surface area contributed by atoms with Crippen molar-refractivity contribution in [1.29, 1.82) is 0 Å². The smallest absolute Gasteiger partial charge is 0.255 e. The van der Waals surface area contributed by atoms with Crippen molar-refractivity contribution < 1.29 is 4.79 Å². The van der Waals surface area contributed by atoms with Gasteiger partial charge < -0.3 is 9.80 Å². The summed E-state index contributed by atoms with van der Waals surface area (Å²) in [5.74, 6) is 0.136. The molecule has 0 saturated carbocycles. The quantitative estimate of drug-likeness (QED) is 0.654. The van der Waals surface area contributed by atoms with Crippen LogP contribution in [0, 0.1) is 20.8 Å². The summed E-state index contributed by atoms with van der Waals surface area (Å²) in [5, 5.41) is 0.962. The van der Waals surface area contributed by atoms with E-state index < -0.39 is 0 Å². The highest BCUT2D eigenvalue weighted by molar-refractivity contribution is 6.07. The topological polar surface area (TPSA) is 36.4 Å². The summed E-state index contributed by atoms with van der Waals surface area (Å²) in [4.78, 5) is 22.7. The van der Waals surface area contributed by atoms with E-state index in [0.717, 1.165) is 60.3 Å². The highest BCUT2D eigenvalue weighted by Gasteiger charge is 2.26. The zero-order valence-electron chi connectivity index (χ0n) is 17.8. The van der Waals surface area contributed by atoms with Gasteiger partial charge in [-0.05, 0) is 56.0 Å². The number of amides is 1. The van der Waals surface area contributed by atoms with E-state index >= 15 is 0 Å². The number of carbonyl (C=O) groups is 1. The molecular formula is C25H29N3O. The van der Waals surface area contributed by atoms with Crippen LogP contribution in [-0.2, 0) is 6.42 Å². The average Bonchev–Trinajstić information content (AvgIpc) is 2.75. The predicted molar refractivity (Wildman–Crippen MR) is 120 cm³/mol. The minimum absolute atomic E-state index is 0.136. The first kappa shape index (κ1) is 19.4. The molecule has 29 heavy (non-hydrogen) atoms. The number of pyridine rings is 1. The number of anilines is 1. The predicted octanol–water partition coefficient (Wildman–Crippen LogP) is 4.68. The summed E-state index contributed by atoms with van der Waals surface area (Å²) in [5.41, 5.74) is 7.70. The number of aromatic nitrogens is 1. The Balaban J connectivity index is 1.61. The molecule has 4 heteroatoms. The van der Waals surface area contributed by atoms with Crippen LogP contribution in [0.4, 0.5) is 5.69 Å². The van der Waals surface area contributed by atoms with Crippen LogP contribution in [0.2, 0.25) is 0 Å². The molecule has 0 bridgehead atoms. The number of para-hydroxylation sites is 1. The first-order valence-corrected chi connectivity index (χ1v) is 10.5. The largest absolute Gasteiger partial charge is 0.368 e. The van der Waals surface area contributed by atoms with Gasteiger partial charge in [-0.25, -0.2) is 0 Å². The first-order chi connectivity index (χ1) is 14.0. The van der Waals surface area contributed by atoms with Crippen LogP contribution in [0.15, 0.2) is 42.5 Å². The second kappa shape index (κ2) is 7.86. The number of piperazine rings is 1. The molecule has 0 unspecified atom stereocenters. The molecule has 4 nitrogen and oxygen atoms in total. The van der Waals surface area contributed by atoms with Gasteiger partial charge in [0.1, 0.15) is 0 Å². The molecule has 0 radical (unpaired) electrons. The summed E-state index contributed by atoms with van der Waals surface area (Å²) >= 11 is 0. The fraction of sp³-hybridized carbons (Fsp3) is 0.360. The van der Waals surface area contributed by atoms with Crippen molar-refractivity contribution in [2.75, 3.05) is 31.1 Å². The van der Waals surface area contributed by atoms with Crippen LogP contribution in [0.3, 0.4) is 0 Å². The van der Waals surface area contributed by atoms with Gasteiger partial charge >= 0.3 is 0 Å². The lowest BCUT2D eigenvalue weighted by Crippen LogP contribution is -2.49. The number of rotatable bonds is 3. The molecule has 0 atom stereocenters. The SMILES string of the molecule is CCc1nc2ccccc2c(C(=O)N2CCN(c3cccc(C)c3C)CC2)c1C. The highest BCUT2D eigenvalue weighted by atomic mass is 16.2. The standard InChI is InChI=1S/C25H29N3O/c1-5-21-19(4)24(20-10-6-7-11-22(20)26-21)25(29)28-15-13-27(14-16-28)23-12-8-9-17(2)18(23)3/h6-12H,5,13-16H2,1-4H3. The van der Waals surface area contributed by atoms with Gasteiger partial charge in [0.25, 0.3) is 5.91 Å². The Kier molecular flexibility index (Phi) is 5.27. The average molecular weight is 388 g/mol. The van der Waals surface area contributed by atoms with Crippen LogP contribution in [-0.4, -0.2) is 42.0 Å². The summed E-state index contributed by atoms with van der Waals surface area (Å²) in [7, 11) is 0. The van der Waals surface area contributed by atoms with E-state index in [0.29, 0.717) is 0 Å². The maximum Gasteiger partial charge on any atom is 0.255 e. The Morgan fingerprint density at radius 1 is 0.931 bits per heavy atom. The lowest BCUT2D eigenvalue weighted by Gasteiger charge is -2.37. The number of hydrogen-bond acceptors (Lipinski definition) is 3. The van der Waals surface area contributed by atoms with Crippen LogP contribution in [0.1, 0.15) is 39.7 Å². The second-order valence-corrected chi connectivity index (χ2v) is 7.93. The molecule has 1 saturated heterocycles. The van der Waals surface area contributed by atoms with Gasteiger partial charge in [0, 0.05) is 42.9 Å². The Morgan fingerprint density at radius 2 is 1.66 bits per heavy atom. The Labute approximate surface area is 173 Å². The highest BCUT2D eigenvalue weighted by Crippen LogP contribution is 2.27. The van der Waals surface area contributed by atoms with Crippen molar-refractivity contribution >= 4 is 22.5 Å². The van der Waals surface area contributed by atoms with Crippen LogP contribution >= 0.6 is 0 Å². The maximum absolute atomic E-state index is 13.5. The van der Waals surface area contributed by atoms with Crippen molar-refractivity contribution in [3.8, 4) is 0 Å². The number of benzene rings is 2. The number of aryl methyl sites for hydroxylation is 2. The normalized spacial score (nSPS) is 14.5. The summed E-state index contributed by atoms with van der Waals surface area (Å²) in [6, 6.07) is 14.5. The van der Waals surface area contributed by atoms with E-state index in [1.54, 1.807) is 0 Å². The number of carbonyl (C=O) groups excluding carboxylic acids is 1. The van der Waals surface area contributed by atoms with E-state index in [4.69, 9.17) is 4.98 Å². The summed E-state index contributed by atoms with van der Waals surface area (Å²) in [6.45, 7) is 11.7. The van der Waals surface area contributed by atoms with E-state index in [-0.39, 0.29) is 5.91 Å². The first-order valence-electron chi connectivity index (χ1n) is 10.5. The third kappa shape index (κ3) is 3.48. The van der Waals surface area contributed by atoms with Crippen molar-refractivity contribution in [2.24, 2.45) is 0 Å². The molecule has 3 aromatic rings. The molecule has 1 aliphatic heterocycles. The van der Waals surface area contributed by atoms with Crippen molar-refractivity contribution in [3.63, 3.8) is 0 Å². The molecule has 4 rings (SSSR count). The Bertz CT molecular complexity index is 1070. The minimum Gasteiger partial charge on any atom is -0.368 e. The fourth-order valence-corrected chi connectivity index (χ4v) is 4.36. The molecule has 1 fully saturated rings. The molecule has 2 heterocycles. The molecule has 0 N–H and O–H groups in total. The maximum atomic E-state index is 13.5. The number of nitrogens with zero attached hydrogens (tertiary/aromatic N) is 3. The molecule has 0 aliphatic carbocycles. The Hall–Kier alpha value is -2.88. The zero-order valence-corrected chi connectivity index (χ0v) is 17.8. The zero-order chi connectivity index (χ0) is 20.5. The van der Waals surface area contributed by atoms with Gasteiger partial charge in [-0.15, -0.1) is 0 Å². The lowest BCUT2D eigenvalue weighted by molar-refractivity contribution is 0.0748. The van der Waals surface area contributed by atoms with Gasteiger partial charge in [0.05, 0.1) is 11.1 Å². The lowest BCUT2D eigenvalue weighted by atomic mass is 9.98. The van der Waals surface area contributed by atoms with Gasteiger partial charge in [-0.3, -0.25) is 9.78 Å². The van der Waals surface area contributed by atoms with Gasteiger partial charge in [0.2, 0.25) is 0 Å². The van der Waals surface area contributed by atoms with Crippen LogP contribution in [0.5, 0.6) is 0 Å². The van der Waals surface area contributed by atoms with E-state index in [2.05, 4.69) is 43.9 Å².